The van der Waals surface area contributed by atoms with Crippen molar-refractivity contribution in [2.24, 2.45) is 0 Å². The van der Waals surface area contributed by atoms with Crippen molar-refractivity contribution in [3.63, 3.8) is 0 Å². The van der Waals surface area contributed by atoms with Crippen LogP contribution in [0.15, 0.2) is 55.0 Å². The minimum atomic E-state index is 0.334. The molecule has 0 aliphatic heterocycles. The molecule has 1 aromatic carbocycles. The second-order valence-corrected chi connectivity index (χ2v) is 6.26. The Morgan fingerprint density at radius 3 is 2.41 bits per heavy atom. The van der Waals surface area contributed by atoms with Crippen LogP contribution >= 0.6 is 11.6 Å². The molecule has 4 aromatic rings. The number of aryl methyl sites for hydroxylation is 1. The van der Waals surface area contributed by atoms with Gasteiger partial charge in [-0.15, -0.1) is 0 Å². The Morgan fingerprint density at radius 1 is 0.889 bits per heavy atom. The van der Waals surface area contributed by atoms with Gasteiger partial charge >= 0.3 is 0 Å². The molecule has 0 saturated heterocycles. The van der Waals surface area contributed by atoms with Crippen molar-refractivity contribution in [1.82, 2.24) is 19.9 Å². The highest BCUT2D eigenvalue weighted by molar-refractivity contribution is 6.32. The van der Waals surface area contributed by atoms with Gasteiger partial charge in [-0.3, -0.25) is 4.98 Å². The molecule has 0 atom stereocenters. The van der Waals surface area contributed by atoms with Gasteiger partial charge in [-0.25, -0.2) is 15.0 Å². The van der Waals surface area contributed by atoms with E-state index in [0.29, 0.717) is 28.2 Å². The Kier molecular flexibility index (Phi) is 4.43. The number of nitrogens with zero attached hydrogens (tertiary/aromatic N) is 4. The molecule has 4 rings (SSSR count). The second-order valence-electron chi connectivity index (χ2n) is 5.90. The van der Waals surface area contributed by atoms with E-state index in [9.17, 15) is 0 Å². The first kappa shape index (κ1) is 17.0. The number of hydrogen-bond acceptors (Lipinski definition) is 7. The van der Waals surface area contributed by atoms with Crippen LogP contribution in [-0.4, -0.2) is 19.9 Å². The molecule has 0 spiro atoms. The number of nitrogens with two attached hydrogens (primary N) is 1. The summed E-state index contributed by atoms with van der Waals surface area (Å²) >= 11 is 6.09. The smallest absolute Gasteiger partial charge is 0.159 e. The average molecular weight is 378 g/mol. The molecule has 0 radical (unpaired) electrons. The summed E-state index contributed by atoms with van der Waals surface area (Å²) in [6.45, 7) is 1.96. The van der Waals surface area contributed by atoms with E-state index in [0.717, 1.165) is 22.3 Å². The number of anilines is 5. The Hall–Kier alpha value is -3.45. The van der Waals surface area contributed by atoms with Crippen LogP contribution in [0.2, 0.25) is 5.15 Å². The Morgan fingerprint density at radius 2 is 1.63 bits per heavy atom. The number of benzene rings is 1. The molecule has 0 aliphatic carbocycles. The lowest BCUT2D eigenvalue weighted by Crippen LogP contribution is -2.06. The lowest BCUT2D eigenvalue weighted by atomic mass is 10.1. The maximum Gasteiger partial charge on any atom is 0.159 e. The topological polar surface area (TPSA) is 102 Å². The molecule has 0 unspecified atom stereocenters. The summed E-state index contributed by atoms with van der Waals surface area (Å²) in [5.41, 5.74) is 9.96. The van der Waals surface area contributed by atoms with Gasteiger partial charge in [0.15, 0.2) is 16.8 Å². The van der Waals surface area contributed by atoms with Crippen LogP contribution in [0.3, 0.4) is 0 Å². The Balaban J connectivity index is 1.69. The third kappa shape index (κ3) is 3.45. The Bertz CT molecular complexity index is 1130. The minimum absolute atomic E-state index is 0.334. The number of rotatable bonds is 4. The largest absolute Gasteiger partial charge is 0.393 e. The third-order valence-electron chi connectivity index (χ3n) is 4.02. The number of pyridine rings is 2. The number of hydrogen-bond donors (Lipinski definition) is 3. The van der Waals surface area contributed by atoms with Crippen LogP contribution in [0.5, 0.6) is 0 Å². The standard InChI is InChI=1S/C19H16ClN7/c1-11-7-8-12-13(25-11)4-2-5-14(12)26-18-16(21)19(24-10-23-18)27-15-6-3-9-22-17(15)20/h2-10H,21H2,1H3,(H2,23,24,26,27). The number of nitrogens with one attached hydrogen (secondary N) is 2. The predicted molar refractivity (Wildman–Crippen MR) is 109 cm³/mol. The zero-order valence-corrected chi connectivity index (χ0v) is 15.2. The fourth-order valence-corrected chi connectivity index (χ4v) is 2.86. The van der Waals surface area contributed by atoms with Crippen LogP contribution in [0, 0.1) is 6.92 Å². The molecular formula is C19H16ClN7. The maximum absolute atomic E-state index is 6.27. The molecule has 27 heavy (non-hydrogen) atoms. The second kappa shape index (κ2) is 7.05. The molecule has 0 aliphatic rings. The fraction of sp³-hybridized carbons (Fsp3) is 0.0526. The van der Waals surface area contributed by atoms with Crippen molar-refractivity contribution in [2.75, 3.05) is 16.4 Å². The molecule has 3 heterocycles. The van der Waals surface area contributed by atoms with Gasteiger partial charge in [0.05, 0.1) is 11.2 Å². The van der Waals surface area contributed by atoms with E-state index in [1.165, 1.54) is 6.33 Å². The summed E-state index contributed by atoms with van der Waals surface area (Å²) in [4.78, 5) is 17.0. The highest BCUT2D eigenvalue weighted by atomic mass is 35.5. The van der Waals surface area contributed by atoms with Crippen LogP contribution < -0.4 is 16.4 Å². The molecule has 8 heteroatoms. The molecule has 0 fully saturated rings. The lowest BCUT2D eigenvalue weighted by Gasteiger charge is -2.14. The summed E-state index contributed by atoms with van der Waals surface area (Å²) in [5.74, 6) is 0.928. The molecule has 0 bridgehead atoms. The van der Waals surface area contributed by atoms with Gasteiger partial charge in [0, 0.05) is 23.0 Å². The molecule has 134 valence electrons. The molecule has 0 amide bonds. The van der Waals surface area contributed by atoms with E-state index < -0.39 is 0 Å². The van der Waals surface area contributed by atoms with E-state index in [-0.39, 0.29) is 0 Å². The fourth-order valence-electron chi connectivity index (χ4n) is 2.70. The molecule has 7 nitrogen and oxygen atoms in total. The number of halogens is 1. The van der Waals surface area contributed by atoms with Crippen LogP contribution in [0.4, 0.5) is 28.7 Å². The first-order valence-electron chi connectivity index (χ1n) is 8.23. The summed E-state index contributed by atoms with van der Waals surface area (Å²) in [6, 6.07) is 13.4. The van der Waals surface area contributed by atoms with Crippen LogP contribution in [-0.2, 0) is 0 Å². The molecular weight excluding hydrogens is 362 g/mol. The quantitative estimate of drug-likeness (QED) is 0.451. The monoisotopic (exact) mass is 377 g/mol. The zero-order valence-electron chi connectivity index (χ0n) is 14.4. The summed E-state index contributed by atoms with van der Waals surface area (Å²) in [5, 5.41) is 7.67. The number of nitrogen functional groups attached to an aromatic ring is 1. The van der Waals surface area contributed by atoms with E-state index in [1.807, 2.05) is 37.3 Å². The van der Waals surface area contributed by atoms with Gasteiger partial charge in [0.1, 0.15) is 12.0 Å². The SMILES string of the molecule is Cc1ccc2c(Nc3ncnc(Nc4cccnc4Cl)c3N)cccc2n1. The molecule has 4 N–H and O–H groups in total. The first-order valence-corrected chi connectivity index (χ1v) is 8.61. The summed E-state index contributed by atoms with van der Waals surface area (Å²) < 4.78 is 0. The van der Waals surface area contributed by atoms with E-state index in [1.54, 1.807) is 18.3 Å². The first-order chi connectivity index (χ1) is 13.1. The van der Waals surface area contributed by atoms with Gasteiger partial charge in [-0.1, -0.05) is 17.7 Å². The van der Waals surface area contributed by atoms with Crippen molar-refractivity contribution in [1.29, 1.82) is 0 Å². The van der Waals surface area contributed by atoms with Crippen LogP contribution in [0.1, 0.15) is 5.69 Å². The van der Waals surface area contributed by atoms with Crippen molar-refractivity contribution < 1.29 is 0 Å². The Labute approximate surface area is 160 Å². The van der Waals surface area contributed by atoms with Gasteiger partial charge in [-0.05, 0) is 43.3 Å². The van der Waals surface area contributed by atoms with Gasteiger partial charge in [0.2, 0.25) is 0 Å². The lowest BCUT2D eigenvalue weighted by molar-refractivity contribution is 1.17. The third-order valence-corrected chi connectivity index (χ3v) is 4.32. The number of aromatic nitrogens is 4. The van der Waals surface area contributed by atoms with Crippen molar-refractivity contribution in [3.05, 3.63) is 65.8 Å². The summed E-state index contributed by atoms with van der Waals surface area (Å²) in [7, 11) is 0. The summed E-state index contributed by atoms with van der Waals surface area (Å²) in [6.07, 6.45) is 3.04. The number of fused-ring (bicyclic) bond motifs is 1. The van der Waals surface area contributed by atoms with E-state index >= 15 is 0 Å². The van der Waals surface area contributed by atoms with E-state index in [4.69, 9.17) is 17.3 Å². The van der Waals surface area contributed by atoms with Gasteiger partial charge < -0.3 is 16.4 Å². The molecule has 0 saturated carbocycles. The van der Waals surface area contributed by atoms with Crippen molar-refractivity contribution >= 4 is 51.2 Å². The van der Waals surface area contributed by atoms with E-state index in [2.05, 4.69) is 30.6 Å². The zero-order chi connectivity index (χ0) is 18.8. The van der Waals surface area contributed by atoms with Crippen molar-refractivity contribution in [2.45, 2.75) is 6.92 Å². The maximum atomic E-state index is 6.27. The van der Waals surface area contributed by atoms with Gasteiger partial charge in [-0.2, -0.15) is 0 Å². The highest BCUT2D eigenvalue weighted by Crippen LogP contribution is 2.32. The van der Waals surface area contributed by atoms with Gasteiger partial charge in [0.25, 0.3) is 0 Å². The highest BCUT2D eigenvalue weighted by Gasteiger charge is 2.12. The predicted octanol–water partition coefficient (Wildman–Crippen LogP) is 4.45. The average Bonchev–Trinajstić information content (AvgIpc) is 2.66. The molecule has 3 aromatic heterocycles. The normalized spacial score (nSPS) is 10.7. The van der Waals surface area contributed by atoms with Crippen LogP contribution in [0.25, 0.3) is 10.9 Å². The minimum Gasteiger partial charge on any atom is -0.393 e. The van der Waals surface area contributed by atoms with Crippen molar-refractivity contribution in [3.8, 4) is 0 Å².